The van der Waals surface area contributed by atoms with E-state index < -0.39 is 21.2 Å². The second-order valence-corrected chi connectivity index (χ2v) is 7.83. The highest BCUT2D eigenvalue weighted by Crippen LogP contribution is 2.37. The molecule has 148 valence electrons. The Morgan fingerprint density at radius 1 is 1.25 bits per heavy atom. The van der Waals surface area contributed by atoms with E-state index in [2.05, 4.69) is 20.6 Å². The van der Waals surface area contributed by atoms with Crippen LogP contribution in [0.15, 0.2) is 24.3 Å². The molecular formula is C18H16F3IN4O2. The fraction of sp³-hybridized carbons (Fsp3) is 0.333. The van der Waals surface area contributed by atoms with Crippen molar-refractivity contribution in [2.24, 2.45) is 5.92 Å². The third-order valence-electron chi connectivity index (χ3n) is 4.06. The van der Waals surface area contributed by atoms with Crippen LogP contribution in [0, 0.1) is 18.7 Å². The summed E-state index contributed by atoms with van der Waals surface area (Å²) in [5.41, 5.74) is 0.0805. The van der Waals surface area contributed by atoms with Crippen molar-refractivity contribution < 1.29 is 22.8 Å². The van der Waals surface area contributed by atoms with Gasteiger partial charge in [-0.25, -0.2) is 14.4 Å². The summed E-state index contributed by atoms with van der Waals surface area (Å²) in [6.45, 7) is 1.56. The van der Waals surface area contributed by atoms with Crippen LogP contribution >= 0.6 is 22.6 Å². The lowest BCUT2D eigenvalue weighted by Gasteiger charge is -2.12. The Morgan fingerprint density at radius 2 is 1.96 bits per heavy atom. The Kier molecular flexibility index (Phi) is 5.87. The topological polar surface area (TPSA) is 84.0 Å². The van der Waals surface area contributed by atoms with Crippen molar-refractivity contribution in [1.82, 2.24) is 15.3 Å². The summed E-state index contributed by atoms with van der Waals surface area (Å²) in [6.07, 6.45) is 1.64. The molecule has 1 saturated carbocycles. The van der Waals surface area contributed by atoms with Gasteiger partial charge in [0.25, 0.3) is 5.91 Å². The first-order chi connectivity index (χ1) is 13.1. The van der Waals surface area contributed by atoms with Crippen LogP contribution in [0.3, 0.4) is 0 Å². The highest BCUT2D eigenvalue weighted by molar-refractivity contribution is 14.1. The lowest BCUT2D eigenvalue weighted by atomic mass is 10.1. The Hall–Kier alpha value is -2.24. The maximum absolute atomic E-state index is 13.6. The molecule has 1 aliphatic rings. The van der Waals surface area contributed by atoms with Crippen LogP contribution in [0.4, 0.5) is 19.1 Å². The zero-order valence-electron chi connectivity index (χ0n) is 14.7. The summed E-state index contributed by atoms with van der Waals surface area (Å²) in [5, 5.41) is 5.12. The molecule has 1 aromatic heterocycles. The molecule has 0 saturated heterocycles. The molecule has 10 heteroatoms. The molecule has 3 rings (SSSR count). The van der Waals surface area contributed by atoms with Gasteiger partial charge in [0, 0.05) is 40.7 Å². The Labute approximate surface area is 172 Å². The van der Waals surface area contributed by atoms with E-state index in [1.165, 1.54) is 12.1 Å². The number of alkyl halides is 3. The monoisotopic (exact) mass is 504 g/mol. The van der Waals surface area contributed by atoms with Crippen LogP contribution in [0.2, 0.25) is 0 Å². The average Bonchev–Trinajstić information content (AvgIpc) is 3.44. The standard InChI is InChI=1S/C18H16F3IN4O2/c1-9-6-14(25-17(24-9)26-15(27)11-3-4-11)16(28)23-8-10-2-5-13(19)12(7-10)18(20,21)22/h2,5-7,11H,3-4,8H2,1H3,(H,23,28)(H,24,25,26,27). The first kappa shape index (κ1) is 20.5. The van der Waals surface area contributed by atoms with Crippen molar-refractivity contribution in [3.05, 3.63) is 52.6 Å². The molecule has 2 amide bonds. The number of rotatable bonds is 6. The number of anilines is 1. The summed E-state index contributed by atoms with van der Waals surface area (Å²) in [5.74, 6) is -1.77. The van der Waals surface area contributed by atoms with Crippen molar-refractivity contribution >= 4 is 40.4 Å². The molecular weight excluding hydrogens is 488 g/mol. The number of nitrogens with zero attached hydrogens (tertiary/aromatic N) is 2. The molecule has 28 heavy (non-hydrogen) atoms. The largest absolute Gasteiger partial charge is 0.347 e. The molecule has 1 aromatic carbocycles. The second kappa shape index (κ2) is 8.02. The van der Waals surface area contributed by atoms with Crippen molar-refractivity contribution in [3.8, 4) is 0 Å². The number of benzene rings is 1. The Balaban J connectivity index is 1.69. The molecule has 0 radical (unpaired) electrons. The molecule has 0 aliphatic heterocycles. The fourth-order valence-electron chi connectivity index (χ4n) is 2.47. The second-order valence-electron chi connectivity index (χ2n) is 6.48. The smallest absolute Gasteiger partial charge is 0.324 e. The third-order valence-corrected chi connectivity index (χ3v) is 4.64. The van der Waals surface area contributed by atoms with Crippen LogP contribution in [0.25, 0.3) is 0 Å². The van der Waals surface area contributed by atoms with E-state index in [1.807, 2.05) is 0 Å². The number of hydrogen-bond acceptors (Lipinski definition) is 4. The van der Waals surface area contributed by atoms with E-state index in [4.69, 9.17) is 0 Å². The maximum Gasteiger partial charge on any atom is 0.324 e. The van der Waals surface area contributed by atoms with Crippen LogP contribution in [-0.2, 0) is 15.3 Å². The molecule has 0 unspecified atom stereocenters. The van der Waals surface area contributed by atoms with Gasteiger partial charge in [0.2, 0.25) is 11.9 Å². The van der Waals surface area contributed by atoms with Crippen LogP contribution in [0.1, 0.15) is 40.2 Å². The Bertz CT molecular complexity index is 930. The molecule has 2 N–H and O–H groups in total. The zero-order chi connectivity index (χ0) is 20.5. The highest BCUT2D eigenvalue weighted by atomic mass is 127. The van der Waals surface area contributed by atoms with Gasteiger partial charge >= 0.3 is 3.93 Å². The van der Waals surface area contributed by atoms with Crippen LogP contribution in [0.5, 0.6) is 0 Å². The summed E-state index contributed by atoms with van der Waals surface area (Å²) in [7, 11) is 0. The third kappa shape index (κ3) is 5.18. The van der Waals surface area contributed by atoms with Crippen molar-refractivity contribution in [2.45, 2.75) is 30.2 Å². The number of nitrogens with one attached hydrogen (secondary N) is 2. The summed E-state index contributed by atoms with van der Waals surface area (Å²) >= 11 is 0.849. The van der Waals surface area contributed by atoms with Gasteiger partial charge in [0.15, 0.2) is 0 Å². The van der Waals surface area contributed by atoms with Crippen molar-refractivity contribution in [1.29, 1.82) is 0 Å². The lowest BCUT2D eigenvalue weighted by Crippen LogP contribution is -2.25. The fourth-order valence-corrected chi connectivity index (χ4v) is 2.88. The molecule has 0 atom stereocenters. The highest BCUT2D eigenvalue weighted by Gasteiger charge is 2.31. The number of carbonyl (C=O) groups is 2. The first-order valence-corrected chi connectivity index (χ1v) is 9.52. The number of aryl methyl sites for hydroxylation is 1. The van der Waals surface area contributed by atoms with Gasteiger partial charge in [0.1, 0.15) is 11.5 Å². The van der Waals surface area contributed by atoms with E-state index in [1.54, 1.807) is 6.92 Å². The number of hydrogen-bond donors (Lipinski definition) is 2. The number of amides is 2. The minimum absolute atomic E-state index is 0.0279. The number of carbonyl (C=O) groups excluding carboxylic acids is 2. The molecule has 1 fully saturated rings. The van der Waals surface area contributed by atoms with Gasteiger partial charge in [-0.15, -0.1) is 0 Å². The van der Waals surface area contributed by atoms with Gasteiger partial charge in [-0.05, 0) is 43.5 Å². The normalized spacial score (nSPS) is 13.9. The maximum atomic E-state index is 13.6. The van der Waals surface area contributed by atoms with Gasteiger partial charge in [-0.2, -0.15) is 8.78 Å². The van der Waals surface area contributed by atoms with Gasteiger partial charge < -0.3 is 5.32 Å². The zero-order valence-corrected chi connectivity index (χ0v) is 16.9. The molecule has 2 aromatic rings. The average molecular weight is 504 g/mol. The molecule has 0 bridgehead atoms. The minimum Gasteiger partial charge on any atom is -0.347 e. The molecule has 0 spiro atoms. The van der Waals surface area contributed by atoms with Crippen LogP contribution in [-0.4, -0.2) is 21.8 Å². The van der Waals surface area contributed by atoms with Gasteiger partial charge in [0.05, 0.1) is 5.56 Å². The summed E-state index contributed by atoms with van der Waals surface area (Å²) in [4.78, 5) is 32.3. The molecule has 6 nitrogen and oxygen atoms in total. The minimum atomic E-state index is -3.36. The van der Waals surface area contributed by atoms with E-state index in [9.17, 15) is 22.8 Å². The van der Waals surface area contributed by atoms with Gasteiger partial charge in [-0.1, -0.05) is 6.07 Å². The number of halogens is 4. The van der Waals surface area contributed by atoms with Crippen molar-refractivity contribution in [3.63, 3.8) is 0 Å². The van der Waals surface area contributed by atoms with E-state index >= 15 is 0 Å². The first-order valence-electron chi connectivity index (χ1n) is 8.44. The number of aromatic nitrogens is 2. The lowest BCUT2D eigenvalue weighted by molar-refractivity contribution is -0.117. The summed E-state index contributed by atoms with van der Waals surface area (Å²) in [6, 6.07) is 4.70. The van der Waals surface area contributed by atoms with E-state index in [-0.39, 0.29) is 30.0 Å². The van der Waals surface area contributed by atoms with Crippen LogP contribution < -0.4 is 10.6 Å². The Morgan fingerprint density at radius 3 is 2.61 bits per heavy atom. The SMILES string of the molecule is Cc1cc(C(=O)NCc2ccc(F)c(C(F)(F)I)c2)nc(NC(=O)C2CC2)n1. The predicted molar refractivity (Wildman–Crippen MR) is 104 cm³/mol. The quantitative estimate of drug-likeness (QED) is 0.465. The molecule has 1 heterocycles. The van der Waals surface area contributed by atoms with E-state index in [0.717, 1.165) is 47.6 Å². The molecule has 1 aliphatic carbocycles. The predicted octanol–water partition coefficient (Wildman–Crippen LogP) is 3.69. The summed E-state index contributed by atoms with van der Waals surface area (Å²) < 4.78 is 37.0. The van der Waals surface area contributed by atoms with Gasteiger partial charge in [-0.3, -0.25) is 14.9 Å². The van der Waals surface area contributed by atoms with E-state index in [0.29, 0.717) is 11.3 Å². The van der Waals surface area contributed by atoms with Crippen molar-refractivity contribution in [2.75, 3.05) is 5.32 Å².